The van der Waals surface area contributed by atoms with Gasteiger partial charge in [-0.15, -0.1) is 0 Å². The second-order valence-corrected chi connectivity index (χ2v) is 1.40. The summed E-state index contributed by atoms with van der Waals surface area (Å²) in [6.45, 7) is 2.90. The van der Waals surface area contributed by atoms with Crippen molar-refractivity contribution in [3.8, 4) is 0 Å². The highest BCUT2D eigenvalue weighted by Crippen LogP contribution is 1.80. The SMILES string of the molecule is C=NC(=O)OCC(N)N. The summed E-state index contributed by atoms with van der Waals surface area (Å²) in [5, 5.41) is 0. The smallest absolute Gasteiger partial charge is 0.433 e. The third-order valence-corrected chi connectivity index (χ3v) is 0.528. The fourth-order valence-electron chi connectivity index (χ4n) is 0.213. The zero-order valence-corrected chi connectivity index (χ0v) is 4.91. The maximum atomic E-state index is 10.2. The molecule has 0 aliphatic rings. The normalized spacial score (nSPS) is 9.22. The van der Waals surface area contributed by atoms with E-state index < -0.39 is 12.3 Å². The first-order chi connectivity index (χ1) is 4.16. The molecule has 0 fully saturated rings. The summed E-state index contributed by atoms with van der Waals surface area (Å²) in [5.41, 5.74) is 10.1. The van der Waals surface area contributed by atoms with Gasteiger partial charge in [0.05, 0.1) is 6.17 Å². The Morgan fingerprint density at radius 1 is 1.78 bits per heavy atom. The Bertz CT molecular complexity index is 112. The lowest BCUT2D eigenvalue weighted by molar-refractivity contribution is 0.151. The Morgan fingerprint density at radius 3 is 2.67 bits per heavy atom. The van der Waals surface area contributed by atoms with Gasteiger partial charge in [-0.2, -0.15) is 4.99 Å². The zero-order valence-electron chi connectivity index (χ0n) is 4.91. The van der Waals surface area contributed by atoms with Crippen LogP contribution in [0.4, 0.5) is 4.79 Å². The van der Waals surface area contributed by atoms with Gasteiger partial charge in [0.15, 0.2) is 0 Å². The topological polar surface area (TPSA) is 90.7 Å². The van der Waals surface area contributed by atoms with E-state index in [1.807, 2.05) is 0 Å². The Labute approximate surface area is 52.7 Å². The standard InChI is InChI=1S/C4H9N3O2/c1-7-4(8)9-2-3(5)6/h3H,1-2,5-6H2. The van der Waals surface area contributed by atoms with Gasteiger partial charge < -0.3 is 16.2 Å². The summed E-state index contributed by atoms with van der Waals surface area (Å²) in [4.78, 5) is 13.1. The lowest BCUT2D eigenvalue weighted by Crippen LogP contribution is -2.35. The Kier molecular flexibility index (Phi) is 3.57. The summed E-state index contributed by atoms with van der Waals surface area (Å²) < 4.78 is 4.33. The number of amides is 1. The van der Waals surface area contributed by atoms with Crippen LogP contribution in [0.5, 0.6) is 0 Å². The van der Waals surface area contributed by atoms with Gasteiger partial charge in [0.1, 0.15) is 6.61 Å². The van der Waals surface area contributed by atoms with Crippen molar-refractivity contribution < 1.29 is 9.53 Å². The second kappa shape index (κ2) is 3.99. The molecule has 0 spiro atoms. The number of rotatable bonds is 2. The molecule has 0 aliphatic heterocycles. The van der Waals surface area contributed by atoms with Crippen LogP contribution in [0.15, 0.2) is 4.99 Å². The number of hydrogen-bond acceptors (Lipinski definition) is 4. The van der Waals surface area contributed by atoms with E-state index in [-0.39, 0.29) is 6.61 Å². The molecule has 1 amide bonds. The van der Waals surface area contributed by atoms with Crippen LogP contribution >= 0.6 is 0 Å². The fraction of sp³-hybridized carbons (Fsp3) is 0.500. The third-order valence-electron chi connectivity index (χ3n) is 0.528. The van der Waals surface area contributed by atoms with E-state index in [0.717, 1.165) is 0 Å². The predicted octanol–water partition coefficient (Wildman–Crippen LogP) is -0.933. The molecule has 52 valence electrons. The minimum absolute atomic E-state index is 0.0299. The summed E-state index contributed by atoms with van der Waals surface area (Å²) in [6, 6.07) is 0. The van der Waals surface area contributed by atoms with Gasteiger partial charge in [-0.3, -0.25) is 0 Å². The van der Waals surface area contributed by atoms with E-state index in [1.54, 1.807) is 0 Å². The molecule has 0 aromatic heterocycles. The quantitative estimate of drug-likeness (QED) is 0.374. The van der Waals surface area contributed by atoms with Gasteiger partial charge >= 0.3 is 6.09 Å². The Balaban J connectivity index is 3.27. The van der Waals surface area contributed by atoms with Crippen molar-refractivity contribution in [2.75, 3.05) is 6.61 Å². The predicted molar refractivity (Wildman–Crippen MR) is 33.1 cm³/mol. The van der Waals surface area contributed by atoms with Gasteiger partial charge in [0.2, 0.25) is 0 Å². The van der Waals surface area contributed by atoms with E-state index >= 15 is 0 Å². The molecule has 0 rings (SSSR count). The first-order valence-corrected chi connectivity index (χ1v) is 2.31. The molecule has 0 atom stereocenters. The molecular weight excluding hydrogens is 122 g/mol. The number of carbonyl (C=O) groups excluding carboxylic acids is 1. The summed E-state index contributed by atoms with van der Waals surface area (Å²) >= 11 is 0. The highest BCUT2D eigenvalue weighted by molar-refractivity contribution is 5.72. The van der Waals surface area contributed by atoms with Gasteiger partial charge in [-0.05, 0) is 6.72 Å². The molecule has 0 heterocycles. The molecule has 0 aromatic rings. The molecule has 0 aliphatic carbocycles. The molecule has 0 aromatic carbocycles. The van der Waals surface area contributed by atoms with E-state index in [9.17, 15) is 4.79 Å². The van der Waals surface area contributed by atoms with Crippen molar-refractivity contribution in [3.05, 3.63) is 0 Å². The lowest BCUT2D eigenvalue weighted by atomic mass is 10.6. The van der Waals surface area contributed by atoms with Gasteiger partial charge in [0.25, 0.3) is 0 Å². The molecule has 5 heteroatoms. The lowest BCUT2D eigenvalue weighted by Gasteiger charge is -2.02. The van der Waals surface area contributed by atoms with E-state index in [2.05, 4.69) is 16.4 Å². The fourth-order valence-corrected chi connectivity index (χ4v) is 0.213. The van der Waals surface area contributed by atoms with E-state index in [1.165, 1.54) is 0 Å². The van der Waals surface area contributed by atoms with Crippen molar-refractivity contribution in [3.63, 3.8) is 0 Å². The van der Waals surface area contributed by atoms with Crippen LogP contribution in [0.3, 0.4) is 0 Å². The minimum atomic E-state index is -0.754. The average Bonchev–Trinajstić information content (AvgIpc) is 1.83. The van der Waals surface area contributed by atoms with Crippen LogP contribution in [0.2, 0.25) is 0 Å². The summed E-state index contributed by atoms with van der Waals surface area (Å²) in [6.07, 6.45) is -1.40. The summed E-state index contributed by atoms with van der Waals surface area (Å²) in [7, 11) is 0. The third kappa shape index (κ3) is 4.92. The number of carbonyl (C=O) groups is 1. The molecular formula is C4H9N3O2. The van der Waals surface area contributed by atoms with E-state index in [4.69, 9.17) is 11.5 Å². The maximum Gasteiger partial charge on any atom is 0.433 e. The molecule has 0 unspecified atom stereocenters. The highest BCUT2D eigenvalue weighted by Gasteiger charge is 1.98. The van der Waals surface area contributed by atoms with Crippen molar-refractivity contribution in [2.24, 2.45) is 16.5 Å². The second-order valence-electron chi connectivity index (χ2n) is 1.40. The van der Waals surface area contributed by atoms with Crippen LogP contribution in [0, 0.1) is 0 Å². The average molecular weight is 131 g/mol. The molecule has 4 N–H and O–H groups in total. The molecule has 5 nitrogen and oxygen atoms in total. The van der Waals surface area contributed by atoms with Crippen LogP contribution in [0.1, 0.15) is 0 Å². The first-order valence-electron chi connectivity index (χ1n) is 2.31. The molecule has 0 saturated carbocycles. The maximum absolute atomic E-state index is 10.2. The van der Waals surface area contributed by atoms with Crippen LogP contribution in [-0.4, -0.2) is 25.6 Å². The van der Waals surface area contributed by atoms with Crippen molar-refractivity contribution >= 4 is 12.8 Å². The highest BCUT2D eigenvalue weighted by atomic mass is 16.5. The molecule has 0 saturated heterocycles. The number of nitrogens with two attached hydrogens (primary N) is 2. The summed E-state index contributed by atoms with van der Waals surface area (Å²) in [5.74, 6) is 0. The van der Waals surface area contributed by atoms with Gasteiger partial charge in [-0.25, -0.2) is 4.79 Å². The number of aliphatic imine (C=N–C) groups is 1. The zero-order chi connectivity index (χ0) is 7.28. The van der Waals surface area contributed by atoms with Crippen LogP contribution in [0.25, 0.3) is 0 Å². The molecule has 0 bridgehead atoms. The number of hydrogen-bond donors (Lipinski definition) is 2. The number of ether oxygens (including phenoxy) is 1. The van der Waals surface area contributed by atoms with Gasteiger partial charge in [0, 0.05) is 0 Å². The molecule has 0 radical (unpaired) electrons. The van der Waals surface area contributed by atoms with Crippen molar-refractivity contribution in [1.82, 2.24) is 0 Å². The van der Waals surface area contributed by atoms with Crippen molar-refractivity contribution in [2.45, 2.75) is 6.17 Å². The molecule has 9 heavy (non-hydrogen) atoms. The monoisotopic (exact) mass is 131 g/mol. The Hall–Kier alpha value is -0.940. The number of nitrogens with zero attached hydrogens (tertiary/aromatic N) is 1. The first kappa shape index (κ1) is 8.06. The minimum Gasteiger partial charge on any atom is -0.445 e. The van der Waals surface area contributed by atoms with E-state index in [0.29, 0.717) is 0 Å². The van der Waals surface area contributed by atoms with Crippen LogP contribution in [-0.2, 0) is 4.74 Å². The Morgan fingerprint density at radius 2 is 2.33 bits per heavy atom. The largest absolute Gasteiger partial charge is 0.445 e. The van der Waals surface area contributed by atoms with Gasteiger partial charge in [-0.1, -0.05) is 0 Å². The van der Waals surface area contributed by atoms with Crippen LogP contribution < -0.4 is 11.5 Å². The van der Waals surface area contributed by atoms with Crippen molar-refractivity contribution in [1.29, 1.82) is 0 Å².